The molecule has 0 spiro atoms. The summed E-state index contributed by atoms with van der Waals surface area (Å²) in [6.45, 7) is 4.95. The molecule has 0 amide bonds. The highest BCUT2D eigenvalue weighted by atomic mass is 16.8. The van der Waals surface area contributed by atoms with Gasteiger partial charge in [-0.2, -0.15) is 0 Å². The molecule has 0 saturated carbocycles. The van der Waals surface area contributed by atoms with Crippen LogP contribution in [0.15, 0.2) is 60.7 Å². The average molecular weight is 747 g/mol. The fraction of sp³-hybridized carbons (Fsp3) is 0.541. The van der Waals surface area contributed by atoms with Crippen molar-refractivity contribution in [1.82, 2.24) is 0 Å². The first kappa shape index (κ1) is 41.3. The molecule has 0 radical (unpaired) electrons. The summed E-state index contributed by atoms with van der Waals surface area (Å²) >= 11 is 0. The second-order valence-electron chi connectivity index (χ2n) is 12.3. The average Bonchev–Trinajstić information content (AvgIpc) is 3.12. The lowest BCUT2D eigenvalue weighted by molar-refractivity contribution is -0.380. The Balaban J connectivity index is 1.73. The van der Waals surface area contributed by atoms with Crippen LogP contribution in [0.2, 0.25) is 0 Å². The van der Waals surface area contributed by atoms with Crippen molar-refractivity contribution < 1.29 is 76.1 Å². The highest BCUT2D eigenvalue weighted by molar-refractivity contribution is 5.69. The molecular weight excluding hydrogens is 700 g/mol. The van der Waals surface area contributed by atoms with Gasteiger partial charge in [0.15, 0.2) is 37.0 Å². The first-order valence-corrected chi connectivity index (χ1v) is 16.9. The molecule has 2 aromatic rings. The van der Waals surface area contributed by atoms with Gasteiger partial charge in [-0.15, -0.1) is 0 Å². The van der Waals surface area contributed by atoms with Gasteiger partial charge < -0.3 is 52.1 Å². The summed E-state index contributed by atoms with van der Waals surface area (Å²) < 4.78 is 64.7. The second kappa shape index (κ2) is 20.1. The monoisotopic (exact) mass is 746 g/mol. The molecule has 2 saturated heterocycles. The van der Waals surface area contributed by atoms with E-state index in [1.807, 2.05) is 60.7 Å². The van der Waals surface area contributed by atoms with E-state index in [1.165, 1.54) is 7.11 Å². The normalized spacial score (nSPS) is 24.6. The Morgan fingerprint density at radius 2 is 1.19 bits per heavy atom. The topological polar surface area (TPSA) is 187 Å². The number of fused-ring (bicyclic) bond motifs is 1. The molecular formula is C37H46O16. The van der Waals surface area contributed by atoms with E-state index in [-0.39, 0.29) is 19.8 Å². The van der Waals surface area contributed by atoms with Crippen molar-refractivity contribution in [2.45, 2.75) is 109 Å². The summed E-state index contributed by atoms with van der Waals surface area (Å²) in [5.41, 5.74) is 1.74. The summed E-state index contributed by atoms with van der Waals surface area (Å²) in [7, 11) is 1.47. The quantitative estimate of drug-likeness (QED) is 0.170. The van der Waals surface area contributed by atoms with Gasteiger partial charge >= 0.3 is 29.8 Å². The maximum atomic E-state index is 12.6. The van der Waals surface area contributed by atoms with Crippen LogP contribution in [-0.2, 0) is 89.3 Å². The molecule has 0 aromatic heterocycles. The Bertz CT molecular complexity index is 1500. The number of hydrogen-bond acceptors (Lipinski definition) is 16. The van der Waals surface area contributed by atoms with E-state index in [0.717, 1.165) is 45.7 Å². The molecule has 10 atom stereocenters. The molecule has 4 rings (SSSR count). The molecule has 1 unspecified atom stereocenters. The summed E-state index contributed by atoms with van der Waals surface area (Å²) in [6, 6.07) is 18.9. The molecule has 2 aliphatic heterocycles. The van der Waals surface area contributed by atoms with Gasteiger partial charge in [0, 0.05) is 41.7 Å². The molecule has 16 heteroatoms. The first-order valence-electron chi connectivity index (χ1n) is 16.9. The van der Waals surface area contributed by atoms with Gasteiger partial charge in [0.25, 0.3) is 0 Å². The third-order valence-electron chi connectivity index (χ3n) is 8.07. The zero-order chi connectivity index (χ0) is 38.5. The Morgan fingerprint density at radius 1 is 0.660 bits per heavy atom. The fourth-order valence-electron chi connectivity index (χ4n) is 5.96. The zero-order valence-corrected chi connectivity index (χ0v) is 30.4. The van der Waals surface area contributed by atoms with Crippen LogP contribution in [0.1, 0.15) is 45.7 Å². The Kier molecular flexibility index (Phi) is 15.7. The summed E-state index contributed by atoms with van der Waals surface area (Å²) in [5, 5.41) is 0. The predicted octanol–water partition coefficient (Wildman–Crippen LogP) is 2.56. The maximum Gasteiger partial charge on any atom is 0.303 e. The van der Waals surface area contributed by atoms with E-state index in [4.69, 9.17) is 52.1 Å². The van der Waals surface area contributed by atoms with Gasteiger partial charge in [-0.05, 0) is 11.1 Å². The van der Waals surface area contributed by atoms with E-state index in [9.17, 15) is 24.0 Å². The standard InChI is InChI=1S/C37H46O16/c1-21(38)44-19-28(48-22(2)39)31(49-23(3)40)33(50-24(4)41)35(51-25(5)42)37-47-20-29-30(53-37)32(45-17-26-13-9-7-10-14-26)34(36(43-6)52-29)46-18-27-15-11-8-12-16-27/h7-16,28-37H,17-20H2,1-6H3/t28-,29-,30-,31+,32+,33+,34-,35-,36+,37?/m1/s1. The van der Waals surface area contributed by atoms with Crippen molar-refractivity contribution in [1.29, 1.82) is 0 Å². The molecule has 2 fully saturated rings. The fourth-order valence-corrected chi connectivity index (χ4v) is 5.96. The van der Waals surface area contributed by atoms with Crippen molar-refractivity contribution in [3.8, 4) is 0 Å². The minimum atomic E-state index is -1.73. The van der Waals surface area contributed by atoms with Gasteiger partial charge in [0.05, 0.1) is 19.8 Å². The van der Waals surface area contributed by atoms with Crippen molar-refractivity contribution in [3.63, 3.8) is 0 Å². The minimum Gasteiger partial charge on any atom is -0.462 e. The summed E-state index contributed by atoms with van der Waals surface area (Å²) in [4.78, 5) is 61.6. The lowest BCUT2D eigenvalue weighted by Crippen LogP contribution is -2.67. The molecule has 290 valence electrons. The van der Waals surface area contributed by atoms with Crippen LogP contribution in [-0.4, -0.2) is 112 Å². The van der Waals surface area contributed by atoms with Crippen LogP contribution in [0.4, 0.5) is 0 Å². The van der Waals surface area contributed by atoms with Crippen molar-refractivity contribution in [2.75, 3.05) is 20.3 Å². The van der Waals surface area contributed by atoms with Gasteiger partial charge in [-0.1, -0.05) is 60.7 Å². The number of carbonyl (C=O) groups is 5. The Labute approximate surface area is 307 Å². The van der Waals surface area contributed by atoms with E-state index < -0.39 is 97.9 Å². The molecule has 53 heavy (non-hydrogen) atoms. The van der Waals surface area contributed by atoms with E-state index in [2.05, 4.69) is 0 Å². The van der Waals surface area contributed by atoms with Gasteiger partial charge in [0.1, 0.15) is 31.0 Å². The lowest BCUT2D eigenvalue weighted by atomic mass is 9.96. The third kappa shape index (κ3) is 12.3. The van der Waals surface area contributed by atoms with Crippen molar-refractivity contribution in [2.24, 2.45) is 0 Å². The number of methoxy groups -OCH3 is 1. The number of carbonyl (C=O) groups excluding carboxylic acids is 5. The number of rotatable bonds is 17. The molecule has 2 aliphatic rings. The van der Waals surface area contributed by atoms with Crippen molar-refractivity contribution in [3.05, 3.63) is 71.8 Å². The maximum absolute atomic E-state index is 12.6. The van der Waals surface area contributed by atoms with Crippen LogP contribution in [0.3, 0.4) is 0 Å². The SMILES string of the molecule is CO[C@H]1O[C@@H]2COC([C@H](OC(C)=O)[C@@H](OC(C)=O)[C@@H](OC(C)=O)[C@@H](COC(C)=O)OC(C)=O)O[C@H]2[C@H](OCc2ccccc2)[C@H]1OCc1ccccc1. The summed E-state index contributed by atoms with van der Waals surface area (Å²) in [6.07, 6.45) is -12.5. The van der Waals surface area contributed by atoms with Crippen LogP contribution in [0.25, 0.3) is 0 Å². The highest BCUT2D eigenvalue weighted by Crippen LogP contribution is 2.36. The molecule has 0 aliphatic carbocycles. The number of ether oxygens (including phenoxy) is 11. The highest BCUT2D eigenvalue weighted by Gasteiger charge is 2.55. The van der Waals surface area contributed by atoms with Crippen LogP contribution in [0.5, 0.6) is 0 Å². The molecule has 2 heterocycles. The van der Waals surface area contributed by atoms with Gasteiger partial charge in [0.2, 0.25) is 0 Å². The molecule has 2 aromatic carbocycles. The number of benzene rings is 2. The van der Waals surface area contributed by atoms with E-state index in [0.29, 0.717) is 0 Å². The van der Waals surface area contributed by atoms with E-state index >= 15 is 0 Å². The Morgan fingerprint density at radius 3 is 1.70 bits per heavy atom. The largest absolute Gasteiger partial charge is 0.462 e. The second-order valence-corrected chi connectivity index (χ2v) is 12.3. The van der Waals surface area contributed by atoms with E-state index in [1.54, 1.807) is 0 Å². The smallest absolute Gasteiger partial charge is 0.303 e. The van der Waals surface area contributed by atoms with Crippen LogP contribution >= 0.6 is 0 Å². The number of esters is 5. The summed E-state index contributed by atoms with van der Waals surface area (Å²) in [5.74, 6) is -4.23. The zero-order valence-electron chi connectivity index (χ0n) is 30.4. The van der Waals surface area contributed by atoms with Crippen molar-refractivity contribution >= 4 is 29.8 Å². The van der Waals surface area contributed by atoms with Crippen LogP contribution < -0.4 is 0 Å². The molecule has 0 bridgehead atoms. The lowest BCUT2D eigenvalue weighted by Gasteiger charge is -2.50. The molecule has 16 nitrogen and oxygen atoms in total. The number of hydrogen-bond donors (Lipinski definition) is 0. The minimum absolute atomic E-state index is 0.142. The van der Waals surface area contributed by atoms with Gasteiger partial charge in [-0.25, -0.2) is 0 Å². The molecule has 0 N–H and O–H groups in total. The van der Waals surface area contributed by atoms with Crippen LogP contribution in [0, 0.1) is 0 Å². The predicted molar refractivity (Wildman–Crippen MR) is 179 cm³/mol. The first-order chi connectivity index (χ1) is 25.4. The Hall–Kier alpha value is -4.45. The van der Waals surface area contributed by atoms with Gasteiger partial charge in [-0.3, -0.25) is 24.0 Å². The third-order valence-corrected chi connectivity index (χ3v) is 8.07.